The van der Waals surface area contributed by atoms with E-state index in [0.29, 0.717) is 0 Å². The Bertz CT molecular complexity index is 594. The molecule has 2 aliphatic heterocycles. The lowest BCUT2D eigenvalue weighted by Crippen LogP contribution is -2.58. The van der Waals surface area contributed by atoms with Crippen molar-refractivity contribution in [3.05, 3.63) is 30.3 Å². The first-order valence-corrected chi connectivity index (χ1v) is 9.67. The number of aliphatic hydroxyl groups excluding tert-OH is 1. The number of carbonyl (C=O) groups excluding carboxylic acids is 1. The van der Waals surface area contributed by atoms with Gasteiger partial charge < -0.3 is 15.3 Å². The molecule has 3 fully saturated rings. The van der Waals surface area contributed by atoms with Crippen LogP contribution in [-0.2, 0) is 4.79 Å². The molecule has 1 atom stereocenters. The molecule has 1 saturated carbocycles. The number of nitrogens with zero attached hydrogens (tertiary/aromatic N) is 2. The number of amides is 1. The Morgan fingerprint density at radius 1 is 1.08 bits per heavy atom. The summed E-state index contributed by atoms with van der Waals surface area (Å²) in [5.41, 5.74) is 0.864. The fraction of sp³-hybridized carbons (Fsp3) is 0.650. The van der Waals surface area contributed by atoms with Crippen LogP contribution >= 0.6 is 0 Å². The third-order valence-corrected chi connectivity index (χ3v) is 6.21. The van der Waals surface area contributed by atoms with Gasteiger partial charge in [-0.05, 0) is 56.7 Å². The molecule has 5 nitrogen and oxygen atoms in total. The number of anilines is 1. The Labute approximate surface area is 150 Å². The topological polar surface area (TPSA) is 55.8 Å². The van der Waals surface area contributed by atoms with Crippen LogP contribution in [0.3, 0.4) is 0 Å². The Kier molecular flexibility index (Phi) is 4.80. The van der Waals surface area contributed by atoms with Crippen molar-refractivity contribution in [3.8, 4) is 0 Å². The molecular weight excluding hydrogens is 314 g/mol. The van der Waals surface area contributed by atoms with Gasteiger partial charge in [0.2, 0.25) is 5.91 Å². The first kappa shape index (κ1) is 17.0. The Balaban J connectivity index is 1.35. The lowest BCUT2D eigenvalue weighted by atomic mass is 9.87. The van der Waals surface area contributed by atoms with Crippen LogP contribution in [0, 0.1) is 5.92 Å². The van der Waals surface area contributed by atoms with E-state index in [2.05, 4.69) is 10.2 Å². The van der Waals surface area contributed by atoms with Crippen molar-refractivity contribution in [1.29, 1.82) is 0 Å². The minimum atomic E-state index is -0.139. The molecule has 1 unspecified atom stereocenters. The number of piperidine rings is 1. The molecule has 2 N–H and O–H groups in total. The van der Waals surface area contributed by atoms with Gasteiger partial charge in [0.1, 0.15) is 0 Å². The van der Waals surface area contributed by atoms with Crippen molar-refractivity contribution < 1.29 is 9.90 Å². The van der Waals surface area contributed by atoms with Crippen LogP contribution in [0.5, 0.6) is 0 Å². The summed E-state index contributed by atoms with van der Waals surface area (Å²) in [6.45, 7) is 3.80. The van der Waals surface area contributed by atoms with Crippen molar-refractivity contribution in [2.24, 2.45) is 5.92 Å². The Hall–Kier alpha value is -1.43. The molecule has 1 aromatic rings. The summed E-state index contributed by atoms with van der Waals surface area (Å²) in [4.78, 5) is 17.1. The molecule has 4 rings (SSSR count). The Morgan fingerprint density at radius 3 is 2.44 bits per heavy atom. The number of hydrogen-bond acceptors (Lipinski definition) is 4. The predicted octanol–water partition coefficient (Wildman–Crippen LogP) is 1.62. The smallest absolute Gasteiger partial charge is 0.244 e. The molecule has 3 aliphatic rings. The lowest BCUT2D eigenvalue weighted by molar-refractivity contribution is -0.122. The highest BCUT2D eigenvalue weighted by Gasteiger charge is 2.42. The van der Waals surface area contributed by atoms with Gasteiger partial charge in [0.05, 0.1) is 12.6 Å². The summed E-state index contributed by atoms with van der Waals surface area (Å²) in [6, 6.07) is 9.97. The van der Waals surface area contributed by atoms with Crippen LogP contribution in [0.15, 0.2) is 30.3 Å². The monoisotopic (exact) mass is 343 g/mol. The quantitative estimate of drug-likeness (QED) is 0.824. The van der Waals surface area contributed by atoms with Crippen molar-refractivity contribution in [1.82, 2.24) is 10.2 Å². The molecule has 2 saturated heterocycles. The van der Waals surface area contributed by atoms with Crippen molar-refractivity contribution >= 4 is 11.6 Å². The lowest BCUT2D eigenvalue weighted by Gasteiger charge is -2.43. The molecule has 0 radical (unpaired) electrons. The second-order valence-electron chi connectivity index (χ2n) is 7.93. The largest absolute Gasteiger partial charge is 0.394 e. The average molecular weight is 343 g/mol. The fourth-order valence-electron chi connectivity index (χ4n) is 4.21. The second kappa shape index (κ2) is 7.06. The van der Waals surface area contributed by atoms with E-state index in [9.17, 15) is 9.90 Å². The highest BCUT2D eigenvalue weighted by Crippen LogP contribution is 2.32. The maximum atomic E-state index is 12.9. The SMILES string of the molecule is O=C1C(N2CCC(CO)(NCC3CC3)CC2)CCN1c1ccccc1. The van der Waals surface area contributed by atoms with E-state index in [-0.39, 0.29) is 24.1 Å². The molecular formula is C20H29N3O2. The van der Waals surface area contributed by atoms with E-state index in [1.165, 1.54) is 12.8 Å². The first-order valence-electron chi connectivity index (χ1n) is 9.67. The number of nitrogens with one attached hydrogen (secondary N) is 1. The molecule has 2 heterocycles. The van der Waals surface area contributed by atoms with Crippen molar-refractivity contribution in [2.45, 2.75) is 43.7 Å². The summed E-state index contributed by atoms with van der Waals surface area (Å²) in [7, 11) is 0. The molecule has 1 aliphatic carbocycles. The van der Waals surface area contributed by atoms with Gasteiger partial charge in [-0.15, -0.1) is 0 Å². The highest BCUT2D eigenvalue weighted by atomic mass is 16.3. The van der Waals surface area contributed by atoms with Crippen molar-refractivity contribution in [3.63, 3.8) is 0 Å². The van der Waals surface area contributed by atoms with Crippen molar-refractivity contribution in [2.75, 3.05) is 37.7 Å². The second-order valence-corrected chi connectivity index (χ2v) is 7.93. The molecule has 0 bridgehead atoms. The zero-order valence-corrected chi connectivity index (χ0v) is 14.9. The number of hydrogen-bond donors (Lipinski definition) is 2. The van der Waals surface area contributed by atoms with Gasteiger partial charge >= 0.3 is 0 Å². The van der Waals surface area contributed by atoms with Gasteiger partial charge in [0.15, 0.2) is 0 Å². The van der Waals surface area contributed by atoms with Crippen LogP contribution in [0.4, 0.5) is 5.69 Å². The minimum absolute atomic E-state index is 0.000307. The molecule has 0 aromatic heterocycles. The number of para-hydroxylation sites is 1. The first-order chi connectivity index (χ1) is 12.2. The summed E-state index contributed by atoms with van der Waals surface area (Å²) in [5.74, 6) is 1.05. The number of rotatable bonds is 6. The van der Waals surface area contributed by atoms with Crippen LogP contribution in [-0.4, -0.2) is 60.3 Å². The van der Waals surface area contributed by atoms with Crippen LogP contribution in [0.25, 0.3) is 0 Å². The zero-order valence-electron chi connectivity index (χ0n) is 14.9. The van der Waals surface area contributed by atoms with Gasteiger partial charge in [-0.25, -0.2) is 0 Å². The maximum absolute atomic E-state index is 12.9. The molecule has 0 spiro atoms. The molecule has 25 heavy (non-hydrogen) atoms. The minimum Gasteiger partial charge on any atom is -0.394 e. The maximum Gasteiger partial charge on any atom is 0.244 e. The van der Waals surface area contributed by atoms with Gasteiger partial charge in [-0.3, -0.25) is 9.69 Å². The van der Waals surface area contributed by atoms with Gasteiger partial charge in [-0.1, -0.05) is 18.2 Å². The number of likely N-dealkylation sites (tertiary alicyclic amines) is 1. The zero-order chi connectivity index (χ0) is 17.3. The summed E-state index contributed by atoms with van der Waals surface area (Å²) < 4.78 is 0. The third-order valence-electron chi connectivity index (χ3n) is 6.21. The summed E-state index contributed by atoms with van der Waals surface area (Å²) >= 11 is 0. The van der Waals surface area contributed by atoms with E-state index in [0.717, 1.165) is 57.0 Å². The molecule has 1 aromatic carbocycles. The number of aliphatic hydroxyl groups is 1. The molecule has 1 amide bonds. The van der Waals surface area contributed by atoms with Crippen LogP contribution in [0.2, 0.25) is 0 Å². The Morgan fingerprint density at radius 2 is 1.80 bits per heavy atom. The van der Waals surface area contributed by atoms with E-state index in [1.54, 1.807) is 0 Å². The average Bonchev–Trinajstić information content (AvgIpc) is 3.42. The highest BCUT2D eigenvalue weighted by molar-refractivity contribution is 5.99. The summed E-state index contributed by atoms with van der Waals surface area (Å²) in [6.07, 6.45) is 5.39. The predicted molar refractivity (Wildman–Crippen MR) is 98.6 cm³/mol. The molecule has 136 valence electrons. The van der Waals surface area contributed by atoms with Gasteiger partial charge in [0, 0.05) is 30.9 Å². The summed E-state index contributed by atoms with van der Waals surface area (Å²) in [5, 5.41) is 13.5. The number of carbonyl (C=O) groups is 1. The van der Waals surface area contributed by atoms with Gasteiger partial charge in [0.25, 0.3) is 0 Å². The van der Waals surface area contributed by atoms with E-state index < -0.39 is 0 Å². The van der Waals surface area contributed by atoms with E-state index >= 15 is 0 Å². The standard InChI is InChI=1S/C20H29N3O2/c24-15-20(21-14-16-6-7-16)9-12-22(13-10-20)18-8-11-23(19(18)25)17-4-2-1-3-5-17/h1-5,16,18,21,24H,6-15H2. The third kappa shape index (κ3) is 3.59. The molecule has 5 heteroatoms. The van der Waals surface area contributed by atoms with E-state index in [4.69, 9.17) is 0 Å². The van der Waals surface area contributed by atoms with Crippen LogP contribution < -0.4 is 10.2 Å². The number of benzene rings is 1. The fourth-order valence-corrected chi connectivity index (χ4v) is 4.21. The normalized spacial score (nSPS) is 27.0. The van der Waals surface area contributed by atoms with E-state index in [1.807, 2.05) is 35.2 Å². The van der Waals surface area contributed by atoms with Gasteiger partial charge in [-0.2, -0.15) is 0 Å². The van der Waals surface area contributed by atoms with Crippen LogP contribution in [0.1, 0.15) is 32.1 Å².